The van der Waals surface area contributed by atoms with Gasteiger partial charge >= 0.3 is 0 Å². The molecule has 4 N–H and O–H groups in total. The normalized spacial score (nSPS) is 11.6. The second kappa shape index (κ2) is 12.7. The van der Waals surface area contributed by atoms with Gasteiger partial charge < -0.3 is 11.5 Å². The molecular formula is C27H31ClN2. The van der Waals surface area contributed by atoms with Crippen molar-refractivity contribution in [3.8, 4) is 0 Å². The van der Waals surface area contributed by atoms with E-state index in [2.05, 4.69) is 55.1 Å². The van der Waals surface area contributed by atoms with Crippen LogP contribution in [-0.4, -0.2) is 7.05 Å². The molecule has 0 heterocycles. The summed E-state index contributed by atoms with van der Waals surface area (Å²) in [7, 11) is 1.50. The summed E-state index contributed by atoms with van der Waals surface area (Å²) in [4.78, 5) is 0. The van der Waals surface area contributed by atoms with Crippen LogP contribution in [0.25, 0.3) is 11.3 Å². The SMILES string of the molecule is CCCc1ccccc1C/C=C(\C=C(/N)c1ccccc1Cl)c1ccccc1.CN. The summed E-state index contributed by atoms with van der Waals surface area (Å²) < 4.78 is 0. The highest BCUT2D eigenvalue weighted by atomic mass is 35.5. The third-order valence-electron chi connectivity index (χ3n) is 4.78. The van der Waals surface area contributed by atoms with Gasteiger partial charge in [0.05, 0.1) is 0 Å². The minimum atomic E-state index is 0.664. The summed E-state index contributed by atoms with van der Waals surface area (Å²) in [5.41, 5.74) is 17.5. The molecule has 156 valence electrons. The van der Waals surface area contributed by atoms with Crippen LogP contribution in [0.3, 0.4) is 0 Å². The number of hydrogen-bond acceptors (Lipinski definition) is 2. The molecule has 3 aromatic carbocycles. The van der Waals surface area contributed by atoms with Crippen molar-refractivity contribution >= 4 is 22.9 Å². The number of benzene rings is 3. The number of nitrogens with two attached hydrogens (primary N) is 2. The summed E-state index contributed by atoms with van der Waals surface area (Å²) >= 11 is 6.34. The minimum absolute atomic E-state index is 0.664. The summed E-state index contributed by atoms with van der Waals surface area (Å²) in [5.74, 6) is 0. The molecule has 0 aliphatic carbocycles. The second-order valence-electron chi connectivity index (χ2n) is 6.83. The molecule has 3 rings (SSSR count). The molecule has 0 saturated heterocycles. The molecule has 0 aromatic heterocycles. The third-order valence-corrected chi connectivity index (χ3v) is 5.11. The predicted molar refractivity (Wildman–Crippen MR) is 132 cm³/mol. The maximum absolute atomic E-state index is 6.42. The zero-order valence-corrected chi connectivity index (χ0v) is 18.6. The summed E-state index contributed by atoms with van der Waals surface area (Å²) in [6, 6.07) is 26.7. The van der Waals surface area contributed by atoms with E-state index in [1.165, 1.54) is 18.2 Å². The van der Waals surface area contributed by atoms with E-state index in [0.29, 0.717) is 10.7 Å². The van der Waals surface area contributed by atoms with Crippen molar-refractivity contribution in [3.05, 3.63) is 118 Å². The van der Waals surface area contributed by atoms with Crippen LogP contribution < -0.4 is 11.5 Å². The largest absolute Gasteiger partial charge is 0.398 e. The highest BCUT2D eigenvalue weighted by Gasteiger charge is 2.06. The van der Waals surface area contributed by atoms with Crippen molar-refractivity contribution in [2.45, 2.75) is 26.2 Å². The van der Waals surface area contributed by atoms with Crippen molar-refractivity contribution in [1.29, 1.82) is 0 Å². The highest BCUT2D eigenvalue weighted by molar-refractivity contribution is 6.32. The summed E-state index contributed by atoms with van der Waals surface area (Å²) in [6.07, 6.45) is 7.40. The van der Waals surface area contributed by atoms with Crippen molar-refractivity contribution in [3.63, 3.8) is 0 Å². The van der Waals surface area contributed by atoms with E-state index in [-0.39, 0.29) is 0 Å². The lowest BCUT2D eigenvalue weighted by atomic mass is 9.97. The number of rotatable bonds is 7. The van der Waals surface area contributed by atoms with E-state index in [0.717, 1.165) is 36.0 Å². The van der Waals surface area contributed by atoms with Gasteiger partial charge in [0.25, 0.3) is 0 Å². The van der Waals surface area contributed by atoms with Crippen molar-refractivity contribution in [1.82, 2.24) is 0 Å². The van der Waals surface area contributed by atoms with Crippen LogP contribution in [-0.2, 0) is 12.8 Å². The predicted octanol–water partition coefficient (Wildman–Crippen LogP) is 6.49. The van der Waals surface area contributed by atoms with Crippen molar-refractivity contribution in [2.24, 2.45) is 11.5 Å². The fourth-order valence-corrected chi connectivity index (χ4v) is 3.57. The molecule has 0 unspecified atom stereocenters. The fraction of sp³-hybridized carbons (Fsp3) is 0.185. The van der Waals surface area contributed by atoms with Crippen LogP contribution in [0.1, 0.15) is 35.6 Å². The van der Waals surface area contributed by atoms with Gasteiger partial charge in [-0.2, -0.15) is 0 Å². The highest BCUT2D eigenvalue weighted by Crippen LogP contribution is 2.25. The Labute approximate surface area is 185 Å². The summed E-state index contributed by atoms with van der Waals surface area (Å²) in [6.45, 7) is 2.22. The molecule has 0 atom stereocenters. The Morgan fingerprint density at radius 3 is 2.10 bits per heavy atom. The monoisotopic (exact) mass is 418 g/mol. The molecule has 0 aliphatic rings. The lowest BCUT2D eigenvalue weighted by Gasteiger charge is -2.10. The van der Waals surface area contributed by atoms with Gasteiger partial charge in [-0.3, -0.25) is 0 Å². The topological polar surface area (TPSA) is 52.0 Å². The van der Waals surface area contributed by atoms with Gasteiger partial charge in [0, 0.05) is 16.3 Å². The number of halogens is 1. The Kier molecular flexibility index (Phi) is 9.93. The molecule has 3 heteroatoms. The summed E-state index contributed by atoms with van der Waals surface area (Å²) in [5, 5.41) is 0.664. The Balaban J connectivity index is 0.00000155. The van der Waals surface area contributed by atoms with Crippen LogP contribution in [0.5, 0.6) is 0 Å². The van der Waals surface area contributed by atoms with Gasteiger partial charge in [0.1, 0.15) is 0 Å². The van der Waals surface area contributed by atoms with Gasteiger partial charge in [-0.25, -0.2) is 0 Å². The molecule has 3 aromatic rings. The maximum Gasteiger partial charge on any atom is 0.0499 e. The van der Waals surface area contributed by atoms with E-state index >= 15 is 0 Å². The molecule has 0 fully saturated rings. The lowest BCUT2D eigenvalue weighted by molar-refractivity contribution is 0.906. The number of aryl methyl sites for hydroxylation is 1. The molecule has 0 saturated carbocycles. The van der Waals surface area contributed by atoms with Crippen molar-refractivity contribution in [2.75, 3.05) is 7.05 Å². The second-order valence-corrected chi connectivity index (χ2v) is 7.24. The van der Waals surface area contributed by atoms with Gasteiger partial charge in [-0.1, -0.05) is 104 Å². The molecule has 0 bridgehead atoms. The zero-order valence-electron chi connectivity index (χ0n) is 17.8. The first-order valence-corrected chi connectivity index (χ1v) is 10.7. The van der Waals surface area contributed by atoms with Crippen LogP contribution in [0, 0.1) is 0 Å². The Bertz CT molecular complexity index is 975. The third kappa shape index (κ3) is 6.62. The lowest BCUT2D eigenvalue weighted by Crippen LogP contribution is -1.98. The van der Waals surface area contributed by atoms with Crippen LogP contribution in [0.15, 0.2) is 91.0 Å². The first kappa shape index (κ1) is 23.5. The van der Waals surface area contributed by atoms with Gasteiger partial charge in [0.15, 0.2) is 0 Å². The molecule has 0 aliphatic heterocycles. The van der Waals surface area contributed by atoms with Gasteiger partial charge in [-0.05, 0) is 54.3 Å². The molecule has 2 nitrogen and oxygen atoms in total. The van der Waals surface area contributed by atoms with Gasteiger partial charge in [-0.15, -0.1) is 0 Å². The quantitative estimate of drug-likeness (QED) is 0.430. The first-order valence-electron chi connectivity index (χ1n) is 10.3. The van der Waals surface area contributed by atoms with E-state index in [1.807, 2.05) is 48.5 Å². The molecule has 30 heavy (non-hydrogen) atoms. The fourth-order valence-electron chi connectivity index (χ4n) is 3.32. The maximum atomic E-state index is 6.42. The molecule has 0 amide bonds. The number of allylic oxidation sites excluding steroid dienone is 3. The molecular weight excluding hydrogens is 388 g/mol. The smallest absolute Gasteiger partial charge is 0.0499 e. The van der Waals surface area contributed by atoms with E-state index in [1.54, 1.807) is 0 Å². The van der Waals surface area contributed by atoms with E-state index < -0.39 is 0 Å². The molecule has 0 radical (unpaired) electrons. The van der Waals surface area contributed by atoms with Crippen LogP contribution >= 0.6 is 11.6 Å². The number of hydrogen-bond donors (Lipinski definition) is 2. The van der Waals surface area contributed by atoms with Crippen molar-refractivity contribution < 1.29 is 0 Å². The standard InChI is InChI=1S/C26H26ClN.CH5N/c1-2-10-20-13-6-7-14-22(20)17-18-23(21-11-4-3-5-12-21)19-26(28)24-15-8-9-16-25(24)27;1-2/h3-9,11-16,18-19H,2,10,17,28H2,1H3;2H2,1H3/b23-18+,26-19-;. The van der Waals surface area contributed by atoms with E-state index in [4.69, 9.17) is 17.3 Å². The zero-order chi connectivity index (χ0) is 21.8. The average molecular weight is 419 g/mol. The average Bonchev–Trinajstić information content (AvgIpc) is 2.80. The van der Waals surface area contributed by atoms with Gasteiger partial charge in [0.2, 0.25) is 0 Å². The minimum Gasteiger partial charge on any atom is -0.398 e. The molecule has 0 spiro atoms. The Morgan fingerprint density at radius 1 is 0.833 bits per heavy atom. The van der Waals surface area contributed by atoms with E-state index in [9.17, 15) is 0 Å². The Hall–Kier alpha value is -2.81. The van der Waals surface area contributed by atoms with Crippen LogP contribution in [0.4, 0.5) is 0 Å². The first-order chi connectivity index (χ1) is 14.7. The Morgan fingerprint density at radius 2 is 1.43 bits per heavy atom. The van der Waals surface area contributed by atoms with Crippen LogP contribution in [0.2, 0.25) is 5.02 Å².